The Morgan fingerprint density at radius 1 is 1.53 bits per heavy atom. The molecule has 4 heteroatoms. The van der Waals surface area contributed by atoms with Crippen LogP contribution in [0, 0.1) is 5.92 Å². The molecule has 0 bridgehead atoms. The van der Waals surface area contributed by atoms with Crippen LogP contribution in [0.5, 0.6) is 0 Å². The van der Waals surface area contributed by atoms with Crippen LogP contribution in [0.1, 0.15) is 27.2 Å². The van der Waals surface area contributed by atoms with Crippen molar-refractivity contribution in [3.63, 3.8) is 0 Å². The highest BCUT2D eigenvalue weighted by Crippen LogP contribution is 2.10. The summed E-state index contributed by atoms with van der Waals surface area (Å²) in [6.45, 7) is 8.09. The molecule has 0 aliphatic heterocycles. The molecule has 0 saturated heterocycles. The van der Waals surface area contributed by atoms with Crippen LogP contribution in [0.2, 0.25) is 0 Å². The van der Waals surface area contributed by atoms with Gasteiger partial charge < -0.3 is 15.6 Å². The van der Waals surface area contributed by atoms with Gasteiger partial charge in [0, 0.05) is 31.5 Å². The first-order valence-electron chi connectivity index (χ1n) is 5.65. The largest absolute Gasteiger partial charge is 0.352 e. The van der Waals surface area contributed by atoms with Crippen LogP contribution < -0.4 is 11.1 Å². The van der Waals surface area contributed by atoms with Gasteiger partial charge in [0.1, 0.15) is 0 Å². The smallest absolute Gasteiger partial charge is 0.203 e. The number of hydrogen-bond donors (Lipinski definition) is 2. The van der Waals surface area contributed by atoms with E-state index in [1.807, 2.05) is 12.4 Å². The summed E-state index contributed by atoms with van der Waals surface area (Å²) in [4.78, 5) is 4.28. The van der Waals surface area contributed by atoms with Crippen molar-refractivity contribution in [2.45, 2.75) is 39.8 Å². The Morgan fingerprint density at radius 3 is 2.80 bits per heavy atom. The first kappa shape index (κ1) is 12.0. The lowest BCUT2D eigenvalue weighted by molar-refractivity contribution is 0.517. The minimum Gasteiger partial charge on any atom is -0.352 e. The third-order valence-electron chi connectivity index (χ3n) is 2.43. The van der Waals surface area contributed by atoms with E-state index in [4.69, 9.17) is 5.73 Å². The Hall–Kier alpha value is -1.03. The van der Waals surface area contributed by atoms with Crippen LogP contribution in [0.25, 0.3) is 0 Å². The first-order chi connectivity index (χ1) is 7.17. The van der Waals surface area contributed by atoms with E-state index >= 15 is 0 Å². The van der Waals surface area contributed by atoms with Crippen molar-refractivity contribution < 1.29 is 0 Å². The lowest BCUT2D eigenvalue weighted by Gasteiger charge is -2.19. The van der Waals surface area contributed by atoms with Gasteiger partial charge in [-0.15, -0.1) is 0 Å². The summed E-state index contributed by atoms with van der Waals surface area (Å²) in [5.74, 6) is 1.57. The summed E-state index contributed by atoms with van der Waals surface area (Å²) in [5.41, 5.74) is 5.73. The second-order valence-electron chi connectivity index (χ2n) is 4.24. The Labute approximate surface area is 91.9 Å². The molecule has 4 nitrogen and oxygen atoms in total. The molecule has 0 spiro atoms. The molecule has 1 unspecified atom stereocenters. The number of hydrogen-bond acceptors (Lipinski definition) is 3. The highest BCUT2D eigenvalue weighted by atomic mass is 15.2. The maximum absolute atomic E-state index is 5.73. The zero-order valence-electron chi connectivity index (χ0n) is 9.90. The maximum atomic E-state index is 5.73. The molecule has 0 saturated carbocycles. The van der Waals surface area contributed by atoms with E-state index in [0.29, 0.717) is 18.5 Å². The summed E-state index contributed by atoms with van der Waals surface area (Å²) < 4.78 is 2.09. The quantitative estimate of drug-likeness (QED) is 0.751. The molecule has 0 fully saturated rings. The van der Waals surface area contributed by atoms with Gasteiger partial charge in [-0.05, 0) is 19.3 Å². The molecule has 1 atom stereocenters. The lowest BCUT2D eigenvalue weighted by atomic mass is 10.0. The van der Waals surface area contributed by atoms with Gasteiger partial charge in [-0.3, -0.25) is 0 Å². The predicted octanol–water partition coefficient (Wildman–Crippen LogP) is 1.69. The van der Waals surface area contributed by atoms with Crippen molar-refractivity contribution in [3.8, 4) is 0 Å². The van der Waals surface area contributed by atoms with E-state index in [9.17, 15) is 0 Å². The zero-order valence-corrected chi connectivity index (χ0v) is 9.90. The highest BCUT2D eigenvalue weighted by Gasteiger charge is 2.11. The van der Waals surface area contributed by atoms with Crippen LogP contribution in [0.4, 0.5) is 5.95 Å². The van der Waals surface area contributed by atoms with E-state index in [1.165, 1.54) is 0 Å². The molecule has 0 aliphatic carbocycles. The van der Waals surface area contributed by atoms with Crippen LogP contribution >= 0.6 is 0 Å². The van der Waals surface area contributed by atoms with Crippen molar-refractivity contribution in [1.82, 2.24) is 9.55 Å². The monoisotopic (exact) mass is 210 g/mol. The molecule has 1 heterocycles. The predicted molar refractivity (Wildman–Crippen MR) is 63.8 cm³/mol. The fraction of sp³-hybridized carbons (Fsp3) is 0.727. The molecular weight excluding hydrogens is 188 g/mol. The number of rotatable bonds is 6. The van der Waals surface area contributed by atoms with Gasteiger partial charge in [0.05, 0.1) is 0 Å². The summed E-state index contributed by atoms with van der Waals surface area (Å²) in [6, 6.07) is 0.317. The van der Waals surface area contributed by atoms with Crippen LogP contribution in [0.15, 0.2) is 12.4 Å². The molecule has 0 amide bonds. The Morgan fingerprint density at radius 2 is 2.27 bits per heavy atom. The van der Waals surface area contributed by atoms with E-state index in [-0.39, 0.29) is 0 Å². The van der Waals surface area contributed by atoms with Crippen molar-refractivity contribution in [2.24, 2.45) is 11.7 Å². The Kier molecular flexibility index (Phi) is 4.62. The number of aryl methyl sites for hydroxylation is 1. The molecule has 15 heavy (non-hydrogen) atoms. The third-order valence-corrected chi connectivity index (χ3v) is 2.43. The van der Waals surface area contributed by atoms with E-state index in [1.54, 1.807) is 0 Å². The molecule has 3 N–H and O–H groups in total. The molecule has 0 radical (unpaired) electrons. The summed E-state index contributed by atoms with van der Waals surface area (Å²) >= 11 is 0. The normalized spacial score (nSPS) is 13.1. The lowest BCUT2D eigenvalue weighted by Crippen LogP contribution is -2.31. The standard InChI is InChI=1S/C11H22N4/c1-4-15-6-5-13-11(15)14-10(8-12)7-9(2)3/h5-6,9-10H,4,7-8,12H2,1-3H3,(H,13,14). The first-order valence-corrected chi connectivity index (χ1v) is 5.65. The zero-order chi connectivity index (χ0) is 11.3. The molecule has 1 aromatic heterocycles. The Bertz CT molecular complexity index is 280. The van der Waals surface area contributed by atoms with Gasteiger partial charge in [0.15, 0.2) is 0 Å². The van der Waals surface area contributed by atoms with Crippen molar-refractivity contribution in [1.29, 1.82) is 0 Å². The molecular formula is C11H22N4. The van der Waals surface area contributed by atoms with Gasteiger partial charge in [0.25, 0.3) is 0 Å². The van der Waals surface area contributed by atoms with Crippen molar-refractivity contribution >= 4 is 5.95 Å². The second kappa shape index (κ2) is 5.75. The van der Waals surface area contributed by atoms with Gasteiger partial charge >= 0.3 is 0 Å². The summed E-state index contributed by atoms with van der Waals surface area (Å²) in [7, 11) is 0. The van der Waals surface area contributed by atoms with Gasteiger partial charge in [-0.2, -0.15) is 0 Å². The van der Waals surface area contributed by atoms with Crippen LogP contribution in [0.3, 0.4) is 0 Å². The fourth-order valence-electron chi connectivity index (χ4n) is 1.67. The fourth-order valence-corrected chi connectivity index (χ4v) is 1.67. The number of nitrogens with two attached hydrogens (primary N) is 1. The Balaban J connectivity index is 2.58. The molecule has 1 aromatic rings. The average molecular weight is 210 g/mol. The van der Waals surface area contributed by atoms with E-state index in [0.717, 1.165) is 18.9 Å². The maximum Gasteiger partial charge on any atom is 0.203 e. The SMILES string of the molecule is CCn1ccnc1NC(CN)CC(C)C. The minimum atomic E-state index is 0.317. The minimum absolute atomic E-state index is 0.317. The number of imidazole rings is 1. The topological polar surface area (TPSA) is 55.9 Å². The number of nitrogens with one attached hydrogen (secondary N) is 1. The van der Waals surface area contributed by atoms with E-state index in [2.05, 4.69) is 35.6 Å². The molecule has 0 aromatic carbocycles. The second-order valence-corrected chi connectivity index (χ2v) is 4.24. The summed E-state index contributed by atoms with van der Waals surface area (Å²) in [5, 5.41) is 3.39. The van der Waals surface area contributed by atoms with Gasteiger partial charge in [0.2, 0.25) is 5.95 Å². The third kappa shape index (κ3) is 3.55. The number of nitrogens with zero attached hydrogens (tertiary/aromatic N) is 2. The number of aromatic nitrogens is 2. The molecule has 86 valence electrons. The number of anilines is 1. The molecule has 0 aliphatic rings. The van der Waals surface area contributed by atoms with Gasteiger partial charge in [-0.25, -0.2) is 4.98 Å². The highest BCUT2D eigenvalue weighted by molar-refractivity contribution is 5.27. The van der Waals surface area contributed by atoms with Gasteiger partial charge in [-0.1, -0.05) is 13.8 Å². The average Bonchev–Trinajstić information content (AvgIpc) is 2.63. The van der Waals surface area contributed by atoms with Crippen LogP contribution in [-0.2, 0) is 6.54 Å². The summed E-state index contributed by atoms with van der Waals surface area (Å²) in [6.07, 6.45) is 4.87. The van der Waals surface area contributed by atoms with Crippen LogP contribution in [-0.4, -0.2) is 22.1 Å². The van der Waals surface area contributed by atoms with E-state index < -0.39 is 0 Å². The van der Waals surface area contributed by atoms with Crippen molar-refractivity contribution in [2.75, 3.05) is 11.9 Å². The molecule has 1 rings (SSSR count). The van der Waals surface area contributed by atoms with Crippen molar-refractivity contribution in [3.05, 3.63) is 12.4 Å².